The molecule has 1 aliphatic carbocycles. The molecule has 2 atom stereocenters. The summed E-state index contributed by atoms with van der Waals surface area (Å²) in [6.45, 7) is 4.54. The second-order valence-electron chi connectivity index (χ2n) is 6.25. The molecule has 1 saturated heterocycles. The largest absolute Gasteiger partial charge is 0.356 e. The smallest absolute Gasteiger partial charge is 0.133 e. The van der Waals surface area contributed by atoms with Gasteiger partial charge in [0.15, 0.2) is 0 Å². The predicted octanol–water partition coefficient (Wildman–Crippen LogP) is 4.21. The molecular weight excluding hydrogens is 314 g/mol. The molecule has 1 aliphatic heterocycles. The van der Waals surface area contributed by atoms with Gasteiger partial charge in [0.25, 0.3) is 0 Å². The van der Waals surface area contributed by atoms with Crippen molar-refractivity contribution in [2.45, 2.75) is 51.9 Å². The lowest BCUT2D eigenvalue weighted by molar-refractivity contribution is 0.202. The van der Waals surface area contributed by atoms with Gasteiger partial charge in [-0.25, -0.2) is 9.97 Å². The number of piperidine rings is 1. The second kappa shape index (κ2) is 6.42. The maximum absolute atomic E-state index is 4.77. The zero-order valence-corrected chi connectivity index (χ0v) is 13.9. The monoisotopic (exact) mass is 337 g/mol. The molecule has 0 aromatic carbocycles. The van der Waals surface area contributed by atoms with Crippen LogP contribution in [-0.2, 0) is 6.42 Å². The first-order valence-electron chi connectivity index (χ1n) is 8.04. The molecule has 110 valence electrons. The molecule has 2 heterocycles. The SMILES string of the molecule is CCCc1nc(Br)cc(N2CCC3CCCCC3C2)n1. The highest BCUT2D eigenvalue weighted by Gasteiger charge is 2.31. The van der Waals surface area contributed by atoms with E-state index in [1.807, 2.05) is 0 Å². The average Bonchev–Trinajstić information content (AvgIpc) is 2.46. The molecule has 4 heteroatoms. The number of aromatic nitrogens is 2. The van der Waals surface area contributed by atoms with Gasteiger partial charge in [0.05, 0.1) is 0 Å². The van der Waals surface area contributed by atoms with Gasteiger partial charge in [-0.15, -0.1) is 0 Å². The van der Waals surface area contributed by atoms with Crippen molar-refractivity contribution >= 4 is 21.7 Å². The molecule has 0 amide bonds. The van der Waals surface area contributed by atoms with Gasteiger partial charge in [-0.05, 0) is 47.0 Å². The lowest BCUT2D eigenvalue weighted by Gasteiger charge is -2.41. The number of hydrogen-bond acceptors (Lipinski definition) is 3. The summed E-state index contributed by atoms with van der Waals surface area (Å²) in [6.07, 6.45) is 9.13. The van der Waals surface area contributed by atoms with Gasteiger partial charge in [-0.1, -0.05) is 26.2 Å². The van der Waals surface area contributed by atoms with Crippen LogP contribution in [0.1, 0.15) is 51.3 Å². The van der Waals surface area contributed by atoms with Crippen LogP contribution >= 0.6 is 15.9 Å². The Hall–Kier alpha value is -0.640. The van der Waals surface area contributed by atoms with Crippen LogP contribution in [0.3, 0.4) is 0 Å². The van der Waals surface area contributed by atoms with E-state index in [9.17, 15) is 0 Å². The molecule has 3 nitrogen and oxygen atoms in total. The van der Waals surface area contributed by atoms with E-state index < -0.39 is 0 Å². The molecule has 0 spiro atoms. The van der Waals surface area contributed by atoms with Crippen molar-refractivity contribution < 1.29 is 0 Å². The number of halogens is 1. The fourth-order valence-electron chi connectivity index (χ4n) is 3.76. The average molecular weight is 338 g/mol. The number of fused-ring (bicyclic) bond motifs is 1. The highest BCUT2D eigenvalue weighted by atomic mass is 79.9. The minimum absolute atomic E-state index is 0.890. The van der Waals surface area contributed by atoms with Crippen LogP contribution in [0.4, 0.5) is 5.82 Å². The third-order valence-electron chi connectivity index (χ3n) is 4.82. The summed E-state index contributed by atoms with van der Waals surface area (Å²) in [7, 11) is 0. The van der Waals surface area contributed by atoms with Crippen molar-refractivity contribution in [3.63, 3.8) is 0 Å². The molecule has 0 radical (unpaired) electrons. The Labute approximate surface area is 130 Å². The van der Waals surface area contributed by atoms with Crippen LogP contribution in [0.15, 0.2) is 10.7 Å². The van der Waals surface area contributed by atoms with Gasteiger partial charge in [0.2, 0.25) is 0 Å². The number of hydrogen-bond donors (Lipinski definition) is 0. The summed E-state index contributed by atoms with van der Waals surface area (Å²) in [5.74, 6) is 3.96. The van der Waals surface area contributed by atoms with Crippen molar-refractivity contribution in [1.29, 1.82) is 0 Å². The van der Waals surface area contributed by atoms with Crippen LogP contribution < -0.4 is 4.90 Å². The van der Waals surface area contributed by atoms with Crippen molar-refractivity contribution in [1.82, 2.24) is 9.97 Å². The summed E-state index contributed by atoms with van der Waals surface area (Å²) in [5.41, 5.74) is 0. The number of rotatable bonds is 3. The van der Waals surface area contributed by atoms with Crippen molar-refractivity contribution in [2.24, 2.45) is 11.8 Å². The zero-order chi connectivity index (χ0) is 13.9. The Morgan fingerprint density at radius 3 is 2.80 bits per heavy atom. The maximum Gasteiger partial charge on any atom is 0.133 e. The van der Waals surface area contributed by atoms with Crippen LogP contribution in [0.5, 0.6) is 0 Å². The van der Waals surface area contributed by atoms with E-state index in [2.05, 4.69) is 38.8 Å². The van der Waals surface area contributed by atoms with E-state index >= 15 is 0 Å². The highest BCUT2D eigenvalue weighted by molar-refractivity contribution is 9.10. The lowest BCUT2D eigenvalue weighted by Crippen LogP contribution is -2.42. The normalized spacial score (nSPS) is 26.4. The third-order valence-corrected chi connectivity index (χ3v) is 5.22. The minimum atomic E-state index is 0.890. The van der Waals surface area contributed by atoms with Crippen LogP contribution in [0.25, 0.3) is 0 Å². The molecule has 1 aromatic heterocycles. The summed E-state index contributed by atoms with van der Waals surface area (Å²) in [4.78, 5) is 11.7. The molecule has 1 saturated carbocycles. The number of anilines is 1. The fourth-order valence-corrected chi connectivity index (χ4v) is 4.17. The third kappa shape index (κ3) is 3.16. The van der Waals surface area contributed by atoms with E-state index in [1.54, 1.807) is 0 Å². The van der Waals surface area contributed by atoms with E-state index in [0.29, 0.717) is 0 Å². The zero-order valence-electron chi connectivity index (χ0n) is 12.3. The van der Waals surface area contributed by atoms with Crippen LogP contribution in [-0.4, -0.2) is 23.1 Å². The van der Waals surface area contributed by atoms with E-state index in [0.717, 1.165) is 47.5 Å². The first-order chi connectivity index (χ1) is 9.76. The Morgan fingerprint density at radius 1 is 1.20 bits per heavy atom. The molecule has 20 heavy (non-hydrogen) atoms. The van der Waals surface area contributed by atoms with Crippen LogP contribution in [0, 0.1) is 11.8 Å². The van der Waals surface area contributed by atoms with E-state index in [-0.39, 0.29) is 0 Å². The van der Waals surface area contributed by atoms with Gasteiger partial charge in [0, 0.05) is 25.6 Å². The molecule has 0 N–H and O–H groups in total. The van der Waals surface area contributed by atoms with Crippen LogP contribution in [0.2, 0.25) is 0 Å². The molecular formula is C16H24BrN3. The summed E-state index contributed by atoms with van der Waals surface area (Å²) in [5, 5.41) is 0. The summed E-state index contributed by atoms with van der Waals surface area (Å²) >= 11 is 3.54. The van der Waals surface area contributed by atoms with Gasteiger partial charge in [-0.2, -0.15) is 0 Å². The first-order valence-corrected chi connectivity index (χ1v) is 8.84. The molecule has 2 fully saturated rings. The maximum atomic E-state index is 4.77. The van der Waals surface area contributed by atoms with Gasteiger partial charge >= 0.3 is 0 Å². The molecule has 3 rings (SSSR count). The van der Waals surface area contributed by atoms with Gasteiger partial charge in [-0.3, -0.25) is 0 Å². The standard InChI is InChI=1S/C16H24BrN3/c1-2-5-15-18-14(17)10-16(19-15)20-9-8-12-6-3-4-7-13(12)11-20/h10,12-13H,2-9,11H2,1H3. The topological polar surface area (TPSA) is 29.0 Å². The predicted molar refractivity (Wildman–Crippen MR) is 86.0 cm³/mol. The Balaban J connectivity index is 1.75. The number of aryl methyl sites for hydroxylation is 1. The lowest BCUT2D eigenvalue weighted by atomic mass is 9.75. The molecule has 0 bridgehead atoms. The van der Waals surface area contributed by atoms with E-state index in [4.69, 9.17) is 4.98 Å². The number of nitrogens with zero attached hydrogens (tertiary/aromatic N) is 3. The van der Waals surface area contributed by atoms with Crippen molar-refractivity contribution in [3.8, 4) is 0 Å². The Kier molecular flexibility index (Phi) is 4.59. The van der Waals surface area contributed by atoms with Crippen molar-refractivity contribution in [3.05, 3.63) is 16.5 Å². The highest BCUT2D eigenvalue weighted by Crippen LogP contribution is 2.37. The molecule has 2 unspecified atom stereocenters. The molecule has 2 aliphatic rings. The first kappa shape index (κ1) is 14.3. The summed E-state index contributed by atoms with van der Waals surface area (Å²) in [6, 6.07) is 2.09. The van der Waals surface area contributed by atoms with Crippen molar-refractivity contribution in [2.75, 3.05) is 18.0 Å². The quantitative estimate of drug-likeness (QED) is 0.773. The summed E-state index contributed by atoms with van der Waals surface area (Å²) < 4.78 is 0.928. The van der Waals surface area contributed by atoms with Gasteiger partial charge < -0.3 is 4.90 Å². The molecule has 1 aromatic rings. The van der Waals surface area contributed by atoms with Gasteiger partial charge in [0.1, 0.15) is 16.2 Å². The fraction of sp³-hybridized carbons (Fsp3) is 0.750. The second-order valence-corrected chi connectivity index (χ2v) is 7.07. The Bertz CT molecular complexity index is 463. The minimum Gasteiger partial charge on any atom is -0.356 e. The Morgan fingerprint density at radius 2 is 2.00 bits per heavy atom. The van der Waals surface area contributed by atoms with E-state index in [1.165, 1.54) is 38.6 Å².